The van der Waals surface area contributed by atoms with Gasteiger partial charge in [-0.05, 0) is 47.3 Å². The third-order valence-electron chi connectivity index (χ3n) is 5.23. The van der Waals surface area contributed by atoms with Crippen LogP contribution in [0.25, 0.3) is 0 Å². The van der Waals surface area contributed by atoms with E-state index in [0.29, 0.717) is 47.3 Å². The van der Waals surface area contributed by atoms with E-state index in [1.54, 1.807) is 0 Å². The predicted octanol–water partition coefficient (Wildman–Crippen LogP) is 5.86. The Balaban J connectivity index is 0. The number of hydrogen-bond acceptors (Lipinski definition) is 2. The van der Waals surface area contributed by atoms with E-state index in [1.807, 2.05) is 0 Å². The molecule has 0 heterocycles. The first-order chi connectivity index (χ1) is 10.7. The number of rotatable bonds is 8. The van der Waals surface area contributed by atoms with Crippen LogP contribution in [-0.2, 0) is 0 Å². The molecule has 2 N–H and O–H groups in total. The fourth-order valence-electron chi connectivity index (χ4n) is 4.01. The fourth-order valence-corrected chi connectivity index (χ4v) is 4.01. The van der Waals surface area contributed by atoms with E-state index < -0.39 is 0 Å². The monoisotopic (exact) mass is 344 g/mol. The average Bonchev–Trinajstić information content (AvgIpc) is 2.37. The summed E-state index contributed by atoms with van der Waals surface area (Å²) in [6.45, 7) is 25.9. The molecule has 0 amide bonds. The molecule has 2 atom stereocenters. The third kappa shape index (κ3) is 9.42. The Morgan fingerprint density at radius 1 is 0.333 bits per heavy atom. The van der Waals surface area contributed by atoms with Gasteiger partial charge in [0.2, 0.25) is 0 Å². The zero-order valence-corrected chi connectivity index (χ0v) is 18.7. The molecule has 0 saturated heterocycles. The highest BCUT2D eigenvalue weighted by Crippen LogP contribution is 2.28. The van der Waals surface area contributed by atoms with Crippen LogP contribution in [0.5, 0.6) is 0 Å². The van der Waals surface area contributed by atoms with E-state index in [1.165, 1.54) is 0 Å². The van der Waals surface area contributed by atoms with E-state index in [4.69, 9.17) is 0 Å². The predicted molar refractivity (Wildman–Crippen MR) is 108 cm³/mol. The number of aliphatic hydroxyl groups excluding tert-OH is 2. The summed E-state index contributed by atoms with van der Waals surface area (Å²) >= 11 is 0. The second-order valence-electron chi connectivity index (χ2n) is 9.60. The van der Waals surface area contributed by atoms with Gasteiger partial charge in [-0.2, -0.15) is 0 Å². The van der Waals surface area contributed by atoms with Gasteiger partial charge >= 0.3 is 0 Å². The number of hydrogen-bond donors (Lipinski definition) is 2. The van der Waals surface area contributed by atoms with Crippen LogP contribution in [0.4, 0.5) is 0 Å². The summed E-state index contributed by atoms with van der Waals surface area (Å²) < 4.78 is 0. The van der Waals surface area contributed by atoms with E-state index in [-0.39, 0.29) is 12.2 Å². The minimum Gasteiger partial charge on any atom is -0.393 e. The van der Waals surface area contributed by atoms with Gasteiger partial charge in [0.1, 0.15) is 0 Å². The first-order valence-electron chi connectivity index (χ1n) is 10.1. The molecule has 0 aromatic rings. The van der Waals surface area contributed by atoms with Crippen LogP contribution >= 0.6 is 0 Å². The van der Waals surface area contributed by atoms with E-state index >= 15 is 0 Å². The molecule has 0 aliphatic rings. The van der Waals surface area contributed by atoms with Crippen LogP contribution < -0.4 is 0 Å². The van der Waals surface area contributed by atoms with Gasteiger partial charge in [-0.3, -0.25) is 0 Å². The molecule has 2 heteroatoms. The normalized spacial score (nSPS) is 15.2. The molecule has 24 heavy (non-hydrogen) atoms. The van der Waals surface area contributed by atoms with Gasteiger partial charge in [0.05, 0.1) is 12.2 Å². The molecule has 0 aliphatic carbocycles. The lowest BCUT2D eigenvalue weighted by Gasteiger charge is -2.32. The first kappa shape index (κ1) is 26.2. The third-order valence-corrected chi connectivity index (χ3v) is 5.23. The van der Waals surface area contributed by atoms with Crippen molar-refractivity contribution < 1.29 is 10.2 Å². The highest BCUT2D eigenvalue weighted by atomic mass is 16.3. The molecule has 0 aromatic carbocycles. The molecule has 0 spiro atoms. The summed E-state index contributed by atoms with van der Waals surface area (Å²) in [6, 6.07) is 0. The molecule has 148 valence electrons. The second kappa shape index (κ2) is 12.3. The van der Waals surface area contributed by atoms with Gasteiger partial charge in [-0.25, -0.2) is 0 Å². The van der Waals surface area contributed by atoms with Crippen molar-refractivity contribution in [2.75, 3.05) is 0 Å². The minimum atomic E-state index is -0.148. The topological polar surface area (TPSA) is 40.5 Å². The maximum atomic E-state index is 9.93. The molecule has 0 rings (SSSR count). The molecule has 0 aromatic heterocycles. The molecule has 2 unspecified atom stereocenters. The highest BCUT2D eigenvalue weighted by Gasteiger charge is 2.28. The van der Waals surface area contributed by atoms with Crippen molar-refractivity contribution in [1.29, 1.82) is 0 Å². The smallest absolute Gasteiger partial charge is 0.0596 e. The lowest BCUT2D eigenvalue weighted by atomic mass is 9.77. The van der Waals surface area contributed by atoms with Crippen LogP contribution in [0, 0.1) is 47.3 Å². The zero-order valence-electron chi connectivity index (χ0n) is 18.7. The molecule has 2 nitrogen and oxygen atoms in total. The van der Waals surface area contributed by atoms with Crippen LogP contribution in [0.2, 0.25) is 0 Å². The van der Waals surface area contributed by atoms with E-state index in [9.17, 15) is 10.2 Å². The van der Waals surface area contributed by atoms with E-state index in [0.717, 1.165) is 0 Å². The first-order valence-corrected chi connectivity index (χ1v) is 10.1. The maximum Gasteiger partial charge on any atom is 0.0596 e. The van der Waals surface area contributed by atoms with Crippen LogP contribution in [-0.4, -0.2) is 22.4 Å². The van der Waals surface area contributed by atoms with Crippen molar-refractivity contribution in [3.63, 3.8) is 0 Å². The second-order valence-corrected chi connectivity index (χ2v) is 9.60. The lowest BCUT2D eigenvalue weighted by Crippen LogP contribution is -2.33. The Kier molecular flexibility index (Phi) is 13.4. The summed E-state index contributed by atoms with van der Waals surface area (Å²) in [7, 11) is 0. The minimum absolute atomic E-state index is 0.148. The van der Waals surface area contributed by atoms with Gasteiger partial charge in [0, 0.05) is 0 Å². The lowest BCUT2D eigenvalue weighted by molar-refractivity contribution is 0.0186. The van der Waals surface area contributed by atoms with Gasteiger partial charge in [-0.1, -0.05) is 83.1 Å². The van der Waals surface area contributed by atoms with Crippen LogP contribution in [0.3, 0.4) is 0 Å². The Hall–Kier alpha value is -0.0800. The molecule has 0 saturated carbocycles. The Labute approximate surface area is 153 Å². The van der Waals surface area contributed by atoms with Gasteiger partial charge < -0.3 is 10.2 Å². The standard InChI is InChI=1S/2C11H24O/c2*1-7(2)10(8(3)4)11(12)9(5)6/h2*7-12H,1-6H3. The van der Waals surface area contributed by atoms with Gasteiger partial charge in [0.15, 0.2) is 0 Å². The highest BCUT2D eigenvalue weighted by molar-refractivity contribution is 4.77. The summed E-state index contributed by atoms with van der Waals surface area (Å²) in [5, 5.41) is 19.9. The van der Waals surface area contributed by atoms with E-state index in [2.05, 4.69) is 83.1 Å². The average molecular weight is 345 g/mol. The quantitative estimate of drug-likeness (QED) is 0.578. The van der Waals surface area contributed by atoms with Gasteiger partial charge in [0.25, 0.3) is 0 Å². The molecular formula is C22H48O2. The van der Waals surface area contributed by atoms with Crippen LogP contribution in [0.1, 0.15) is 83.1 Å². The molecule has 0 fully saturated rings. The molecule has 0 aliphatic heterocycles. The summed E-state index contributed by atoms with van der Waals surface area (Å²) in [6.07, 6.45) is -0.296. The Morgan fingerprint density at radius 3 is 0.542 bits per heavy atom. The number of aliphatic hydroxyl groups is 2. The largest absolute Gasteiger partial charge is 0.393 e. The van der Waals surface area contributed by atoms with Crippen molar-refractivity contribution in [1.82, 2.24) is 0 Å². The maximum absolute atomic E-state index is 9.93. The van der Waals surface area contributed by atoms with Crippen molar-refractivity contribution in [3.05, 3.63) is 0 Å². The Bertz CT molecular complexity index is 246. The van der Waals surface area contributed by atoms with Crippen molar-refractivity contribution >= 4 is 0 Å². The summed E-state index contributed by atoms with van der Waals surface area (Å²) in [4.78, 5) is 0. The fraction of sp³-hybridized carbons (Fsp3) is 1.00. The summed E-state index contributed by atoms with van der Waals surface area (Å²) in [5.41, 5.74) is 0. The molecule has 0 bridgehead atoms. The van der Waals surface area contributed by atoms with Crippen molar-refractivity contribution in [2.45, 2.75) is 95.3 Å². The molecular weight excluding hydrogens is 296 g/mol. The van der Waals surface area contributed by atoms with Crippen molar-refractivity contribution in [2.24, 2.45) is 47.3 Å². The zero-order chi connectivity index (χ0) is 19.8. The van der Waals surface area contributed by atoms with Gasteiger partial charge in [-0.15, -0.1) is 0 Å². The SMILES string of the molecule is CC(C)C(O)C(C(C)C)C(C)C.CC(C)C(O)C(C(C)C)C(C)C. The summed E-state index contributed by atoms with van der Waals surface area (Å²) in [5.74, 6) is 3.91. The Morgan fingerprint density at radius 2 is 0.500 bits per heavy atom. The molecule has 0 radical (unpaired) electrons. The van der Waals surface area contributed by atoms with Crippen molar-refractivity contribution in [3.8, 4) is 0 Å². The van der Waals surface area contributed by atoms with Crippen LogP contribution in [0.15, 0.2) is 0 Å².